The van der Waals surface area contributed by atoms with Crippen molar-refractivity contribution in [1.82, 2.24) is 19.7 Å². The van der Waals surface area contributed by atoms with Crippen LogP contribution in [-0.2, 0) is 30.9 Å². The lowest BCUT2D eigenvalue weighted by atomic mass is 10.2. The highest BCUT2D eigenvalue weighted by Crippen LogP contribution is 2.11. The van der Waals surface area contributed by atoms with Crippen molar-refractivity contribution in [2.75, 3.05) is 19.0 Å². The maximum absolute atomic E-state index is 12.2. The lowest BCUT2D eigenvalue weighted by Gasteiger charge is -2.09. The molecule has 0 radical (unpaired) electrons. The van der Waals surface area contributed by atoms with E-state index in [1.165, 1.54) is 4.68 Å². The predicted octanol–water partition coefficient (Wildman–Crippen LogP) is 1.74. The predicted molar refractivity (Wildman–Crippen MR) is 98.2 cm³/mol. The number of amides is 2. The van der Waals surface area contributed by atoms with Gasteiger partial charge in [-0.3, -0.25) is 4.57 Å². The first kappa shape index (κ1) is 18.2. The Labute approximate surface area is 152 Å². The fourth-order valence-electron chi connectivity index (χ4n) is 3.11. The lowest BCUT2D eigenvalue weighted by molar-refractivity contribution is 0.185. The monoisotopic (exact) mass is 359 g/mol. The van der Waals surface area contributed by atoms with E-state index in [-0.39, 0.29) is 11.7 Å². The molecule has 1 aromatic carbocycles. The Morgan fingerprint density at radius 1 is 1.35 bits per heavy atom. The number of benzene rings is 1. The number of aromatic nitrogens is 3. The van der Waals surface area contributed by atoms with Gasteiger partial charge >= 0.3 is 11.7 Å². The molecule has 0 spiro atoms. The molecule has 2 aromatic rings. The molecule has 1 aliphatic rings. The Hall–Kier alpha value is -2.61. The molecule has 1 aromatic heterocycles. The van der Waals surface area contributed by atoms with Gasteiger partial charge in [-0.15, -0.1) is 0 Å². The van der Waals surface area contributed by atoms with Gasteiger partial charge in [0.1, 0.15) is 5.82 Å². The van der Waals surface area contributed by atoms with E-state index in [1.54, 1.807) is 11.7 Å². The molecule has 140 valence electrons. The number of anilines is 1. The second-order valence-electron chi connectivity index (χ2n) is 6.40. The molecule has 0 atom stereocenters. The molecule has 0 saturated carbocycles. The third-order valence-electron chi connectivity index (χ3n) is 4.36. The highest BCUT2D eigenvalue weighted by Gasteiger charge is 2.16. The summed E-state index contributed by atoms with van der Waals surface area (Å²) in [6.45, 7) is 2.23. The quantitative estimate of drug-likeness (QED) is 0.737. The first-order chi connectivity index (χ1) is 12.7. The third kappa shape index (κ3) is 4.51. The number of aryl methyl sites for hydroxylation is 2. The summed E-state index contributed by atoms with van der Waals surface area (Å²) < 4.78 is 8.35. The number of nitrogens with one attached hydrogen (secondary N) is 2. The van der Waals surface area contributed by atoms with E-state index < -0.39 is 0 Å². The Morgan fingerprint density at radius 2 is 2.23 bits per heavy atom. The van der Waals surface area contributed by atoms with E-state index in [9.17, 15) is 9.59 Å². The minimum Gasteiger partial charge on any atom is -0.380 e. The maximum atomic E-state index is 12.2. The normalized spacial score (nSPS) is 13.3. The van der Waals surface area contributed by atoms with Gasteiger partial charge in [-0.25, -0.2) is 14.3 Å². The zero-order chi connectivity index (χ0) is 18.4. The van der Waals surface area contributed by atoms with Crippen molar-refractivity contribution in [3.05, 3.63) is 46.1 Å². The molecule has 8 heteroatoms. The Kier molecular flexibility index (Phi) is 6.06. The molecule has 8 nitrogen and oxygen atoms in total. The van der Waals surface area contributed by atoms with Gasteiger partial charge in [-0.1, -0.05) is 12.1 Å². The molecule has 0 aliphatic carbocycles. The summed E-state index contributed by atoms with van der Waals surface area (Å²) in [7, 11) is 1.63. The highest BCUT2D eigenvalue weighted by molar-refractivity contribution is 5.89. The van der Waals surface area contributed by atoms with Crippen LogP contribution in [0.15, 0.2) is 29.1 Å². The van der Waals surface area contributed by atoms with Crippen molar-refractivity contribution in [2.24, 2.45) is 0 Å². The van der Waals surface area contributed by atoms with Crippen molar-refractivity contribution in [3.8, 4) is 0 Å². The molecule has 0 fully saturated rings. The first-order valence-corrected chi connectivity index (χ1v) is 8.96. The number of fused-ring (bicyclic) bond motifs is 1. The lowest BCUT2D eigenvalue weighted by Crippen LogP contribution is -2.31. The van der Waals surface area contributed by atoms with Crippen LogP contribution in [0.3, 0.4) is 0 Å². The van der Waals surface area contributed by atoms with Gasteiger partial charge in [0.25, 0.3) is 0 Å². The second kappa shape index (κ2) is 8.66. The number of carbonyl (C=O) groups is 1. The van der Waals surface area contributed by atoms with Gasteiger partial charge < -0.3 is 15.4 Å². The number of rotatable bonds is 7. The van der Waals surface area contributed by atoms with Crippen LogP contribution in [0.1, 0.15) is 30.7 Å². The smallest absolute Gasteiger partial charge is 0.345 e. The van der Waals surface area contributed by atoms with Crippen LogP contribution in [0.25, 0.3) is 0 Å². The Balaban J connectivity index is 1.44. The Morgan fingerprint density at radius 3 is 3.04 bits per heavy atom. The Bertz CT molecular complexity index is 811. The van der Waals surface area contributed by atoms with E-state index in [2.05, 4.69) is 15.7 Å². The van der Waals surface area contributed by atoms with Crippen molar-refractivity contribution in [2.45, 2.75) is 45.4 Å². The summed E-state index contributed by atoms with van der Waals surface area (Å²) in [4.78, 5) is 24.2. The van der Waals surface area contributed by atoms with Gasteiger partial charge in [0.15, 0.2) is 0 Å². The second-order valence-corrected chi connectivity index (χ2v) is 6.40. The molecule has 3 rings (SSSR count). The highest BCUT2D eigenvalue weighted by atomic mass is 16.5. The minimum atomic E-state index is -0.268. The third-order valence-corrected chi connectivity index (χ3v) is 4.36. The summed E-state index contributed by atoms with van der Waals surface area (Å²) in [5.74, 6) is 0.878. The average molecular weight is 359 g/mol. The fourth-order valence-corrected chi connectivity index (χ4v) is 3.11. The number of nitrogens with zero attached hydrogens (tertiary/aromatic N) is 3. The average Bonchev–Trinajstić information content (AvgIpc) is 2.96. The number of ether oxygens (including phenoxy) is 1. The van der Waals surface area contributed by atoms with Crippen LogP contribution in [0.5, 0.6) is 0 Å². The molecular weight excluding hydrogens is 334 g/mol. The van der Waals surface area contributed by atoms with Gasteiger partial charge in [-0.05, 0) is 37.0 Å². The summed E-state index contributed by atoms with van der Waals surface area (Å²) in [5.41, 5.74) is 1.67. The topological polar surface area (TPSA) is 90.2 Å². The summed E-state index contributed by atoms with van der Waals surface area (Å²) in [6.07, 6.45) is 3.63. The SMILES string of the molecule is COCc1cccc(NC(=O)NCCCn2nc3n(c2=O)CCCC3)c1. The van der Waals surface area contributed by atoms with Crippen molar-refractivity contribution >= 4 is 11.7 Å². The molecule has 2 amide bonds. The van der Waals surface area contributed by atoms with E-state index in [1.807, 2.05) is 24.3 Å². The van der Waals surface area contributed by atoms with Gasteiger partial charge in [0.2, 0.25) is 0 Å². The van der Waals surface area contributed by atoms with Crippen LogP contribution in [0.4, 0.5) is 10.5 Å². The number of carbonyl (C=O) groups excluding carboxylic acids is 1. The zero-order valence-electron chi connectivity index (χ0n) is 15.0. The molecule has 2 N–H and O–H groups in total. The first-order valence-electron chi connectivity index (χ1n) is 8.96. The standard InChI is InChI=1S/C18H25N5O3/c1-26-13-14-6-4-7-15(12-14)20-17(24)19-9-5-11-23-18(25)22-10-3-2-8-16(22)21-23/h4,6-7,12H,2-3,5,8-11,13H2,1H3,(H2,19,20,24). The number of methoxy groups -OCH3 is 1. The molecule has 0 unspecified atom stereocenters. The van der Waals surface area contributed by atoms with Crippen LogP contribution >= 0.6 is 0 Å². The number of hydrogen-bond donors (Lipinski definition) is 2. The van der Waals surface area contributed by atoms with Crippen molar-refractivity contribution in [3.63, 3.8) is 0 Å². The molecular formula is C18H25N5O3. The number of urea groups is 1. The van der Waals surface area contributed by atoms with Gasteiger partial charge in [0.05, 0.1) is 6.61 Å². The fraction of sp³-hybridized carbons (Fsp3) is 0.500. The van der Waals surface area contributed by atoms with Crippen molar-refractivity contribution < 1.29 is 9.53 Å². The molecule has 26 heavy (non-hydrogen) atoms. The van der Waals surface area contributed by atoms with Crippen LogP contribution < -0.4 is 16.3 Å². The van der Waals surface area contributed by atoms with Gasteiger partial charge in [-0.2, -0.15) is 5.10 Å². The zero-order valence-corrected chi connectivity index (χ0v) is 15.0. The number of hydrogen-bond acceptors (Lipinski definition) is 4. The van der Waals surface area contributed by atoms with Crippen LogP contribution in [0.2, 0.25) is 0 Å². The largest absolute Gasteiger partial charge is 0.380 e. The van der Waals surface area contributed by atoms with E-state index in [0.29, 0.717) is 26.1 Å². The summed E-state index contributed by atoms with van der Waals surface area (Å²) >= 11 is 0. The molecule has 1 aliphatic heterocycles. The van der Waals surface area contributed by atoms with Crippen LogP contribution in [0, 0.1) is 0 Å². The van der Waals surface area contributed by atoms with Crippen molar-refractivity contribution in [1.29, 1.82) is 0 Å². The van der Waals surface area contributed by atoms with E-state index in [4.69, 9.17) is 4.74 Å². The molecule has 0 bridgehead atoms. The van der Waals surface area contributed by atoms with E-state index in [0.717, 1.165) is 42.9 Å². The van der Waals surface area contributed by atoms with Crippen LogP contribution in [-0.4, -0.2) is 34.0 Å². The van der Waals surface area contributed by atoms with Gasteiger partial charge in [0, 0.05) is 38.9 Å². The van der Waals surface area contributed by atoms with E-state index >= 15 is 0 Å². The minimum absolute atomic E-state index is 0.0425. The summed E-state index contributed by atoms with van der Waals surface area (Å²) in [6, 6.07) is 7.24. The molecule has 2 heterocycles. The molecule has 0 saturated heterocycles. The maximum Gasteiger partial charge on any atom is 0.345 e. The summed E-state index contributed by atoms with van der Waals surface area (Å²) in [5, 5.41) is 9.99.